The normalized spacial score (nSPS) is 31.5. The average molecular weight is 225 g/mol. The molecule has 2 nitrogen and oxygen atoms in total. The Bertz CT molecular complexity index is 236. The first-order chi connectivity index (χ1) is 5.69. The Kier molecular flexibility index (Phi) is 2.59. The van der Waals surface area contributed by atoms with Crippen LogP contribution in [0.4, 0.5) is 0 Å². The van der Waals surface area contributed by atoms with E-state index in [0.29, 0.717) is 6.42 Å². The first kappa shape index (κ1) is 11.1. The highest BCUT2D eigenvalue weighted by atomic mass is 35.5. The summed E-state index contributed by atoms with van der Waals surface area (Å²) in [5.74, 6) is -0.480. The minimum absolute atomic E-state index is 0.113. The van der Waals surface area contributed by atoms with Gasteiger partial charge in [0.25, 0.3) is 0 Å². The fourth-order valence-corrected chi connectivity index (χ4v) is 2.22. The first-order valence-electron chi connectivity index (χ1n) is 4.31. The van der Waals surface area contributed by atoms with Crippen LogP contribution >= 0.6 is 23.2 Å². The fraction of sp³-hybridized carbons (Fsp3) is 0.889. The molecule has 1 aliphatic carbocycles. The van der Waals surface area contributed by atoms with E-state index in [2.05, 4.69) is 0 Å². The summed E-state index contributed by atoms with van der Waals surface area (Å²) in [4.78, 5) is 10.8. The molecule has 0 amide bonds. The maximum absolute atomic E-state index is 10.8. The highest BCUT2D eigenvalue weighted by Gasteiger charge is 2.61. The van der Waals surface area contributed by atoms with E-state index in [4.69, 9.17) is 28.3 Å². The molecule has 1 N–H and O–H groups in total. The molecule has 1 aliphatic rings. The van der Waals surface area contributed by atoms with Gasteiger partial charge in [-0.3, -0.25) is 4.79 Å². The molecule has 0 radical (unpaired) electrons. The topological polar surface area (TPSA) is 37.3 Å². The summed E-state index contributed by atoms with van der Waals surface area (Å²) >= 11 is 11.9. The number of carboxylic acid groups (broad SMARTS) is 1. The number of alkyl halides is 2. The molecule has 76 valence electrons. The second kappa shape index (κ2) is 3.03. The summed E-state index contributed by atoms with van der Waals surface area (Å²) in [5, 5.41) is 8.89. The largest absolute Gasteiger partial charge is 0.481 e. The van der Waals surface area contributed by atoms with Crippen LogP contribution in [-0.2, 0) is 4.79 Å². The quantitative estimate of drug-likeness (QED) is 0.749. The van der Waals surface area contributed by atoms with E-state index in [1.807, 2.05) is 6.92 Å². The second-order valence-corrected chi connectivity index (χ2v) is 5.91. The van der Waals surface area contributed by atoms with Gasteiger partial charge in [-0.25, -0.2) is 0 Å². The standard InChI is InChI=1S/C9H14Cl2O2/c1-5-6(9(5,10)11)4-8(2,3)7(12)13/h5-6H,4H2,1-3H3,(H,12,13). The highest BCUT2D eigenvalue weighted by molar-refractivity contribution is 6.51. The third-order valence-electron chi connectivity index (χ3n) is 2.91. The molecule has 0 aliphatic heterocycles. The van der Waals surface area contributed by atoms with Gasteiger partial charge in [0.1, 0.15) is 4.33 Å². The summed E-state index contributed by atoms with van der Waals surface area (Å²) < 4.78 is -0.702. The van der Waals surface area contributed by atoms with E-state index in [0.717, 1.165) is 0 Å². The molecular formula is C9H14Cl2O2. The molecule has 4 heteroatoms. The van der Waals surface area contributed by atoms with Gasteiger partial charge in [0.05, 0.1) is 5.41 Å². The van der Waals surface area contributed by atoms with Crippen molar-refractivity contribution in [1.82, 2.24) is 0 Å². The predicted molar refractivity (Wildman–Crippen MR) is 53.1 cm³/mol. The van der Waals surface area contributed by atoms with Gasteiger partial charge in [0, 0.05) is 0 Å². The smallest absolute Gasteiger partial charge is 0.309 e. The number of carbonyl (C=O) groups is 1. The van der Waals surface area contributed by atoms with Crippen molar-refractivity contribution < 1.29 is 9.90 Å². The summed E-state index contributed by atoms with van der Waals surface area (Å²) in [6.07, 6.45) is 0.538. The van der Waals surface area contributed by atoms with Gasteiger partial charge >= 0.3 is 5.97 Å². The van der Waals surface area contributed by atoms with Crippen LogP contribution in [0.3, 0.4) is 0 Å². The van der Waals surface area contributed by atoms with Crippen LogP contribution in [0.25, 0.3) is 0 Å². The summed E-state index contributed by atoms with van der Waals surface area (Å²) in [6, 6.07) is 0. The Labute approximate surface area is 88.2 Å². The summed E-state index contributed by atoms with van der Waals surface area (Å²) in [7, 11) is 0. The Hall–Kier alpha value is 0.0500. The van der Waals surface area contributed by atoms with Crippen LogP contribution in [0.2, 0.25) is 0 Å². The van der Waals surface area contributed by atoms with Gasteiger partial charge in [-0.05, 0) is 32.1 Å². The molecule has 0 aromatic heterocycles. The Balaban J connectivity index is 2.57. The molecule has 2 atom stereocenters. The van der Waals surface area contributed by atoms with Gasteiger partial charge < -0.3 is 5.11 Å². The molecule has 0 heterocycles. The molecule has 0 saturated heterocycles. The van der Waals surface area contributed by atoms with E-state index in [1.165, 1.54) is 0 Å². The van der Waals surface area contributed by atoms with Crippen molar-refractivity contribution in [3.05, 3.63) is 0 Å². The van der Waals surface area contributed by atoms with Crippen LogP contribution in [0.15, 0.2) is 0 Å². The number of rotatable bonds is 3. The SMILES string of the molecule is CC1C(CC(C)(C)C(=O)O)C1(Cl)Cl. The van der Waals surface area contributed by atoms with Crippen molar-refractivity contribution in [3.8, 4) is 0 Å². The van der Waals surface area contributed by atoms with Crippen LogP contribution < -0.4 is 0 Å². The molecule has 1 fully saturated rings. The molecule has 0 aromatic carbocycles. The zero-order chi connectivity index (χ0) is 10.4. The molecular weight excluding hydrogens is 211 g/mol. The maximum Gasteiger partial charge on any atom is 0.309 e. The van der Waals surface area contributed by atoms with Crippen molar-refractivity contribution >= 4 is 29.2 Å². The van der Waals surface area contributed by atoms with Crippen molar-refractivity contribution in [1.29, 1.82) is 0 Å². The van der Waals surface area contributed by atoms with E-state index < -0.39 is 15.7 Å². The average Bonchev–Trinajstić information content (AvgIpc) is 2.38. The lowest BCUT2D eigenvalue weighted by Crippen LogP contribution is -2.24. The molecule has 0 spiro atoms. The lowest BCUT2D eigenvalue weighted by atomic mass is 9.87. The van der Waals surface area contributed by atoms with Crippen molar-refractivity contribution in [2.75, 3.05) is 0 Å². The Morgan fingerprint density at radius 3 is 2.15 bits per heavy atom. The van der Waals surface area contributed by atoms with Gasteiger partial charge in [-0.15, -0.1) is 23.2 Å². The number of hydrogen-bond acceptors (Lipinski definition) is 1. The number of carboxylic acids is 1. The van der Waals surface area contributed by atoms with Crippen molar-refractivity contribution in [2.45, 2.75) is 31.5 Å². The second-order valence-electron chi connectivity index (χ2n) is 4.46. The molecule has 0 bridgehead atoms. The maximum atomic E-state index is 10.8. The highest BCUT2D eigenvalue weighted by Crippen LogP contribution is 2.62. The third kappa shape index (κ3) is 1.94. The molecule has 1 rings (SSSR count). The predicted octanol–water partition coefficient (Wildman–Crippen LogP) is 2.93. The van der Waals surface area contributed by atoms with Crippen LogP contribution in [0.5, 0.6) is 0 Å². The monoisotopic (exact) mass is 224 g/mol. The fourth-order valence-electron chi connectivity index (χ4n) is 1.51. The number of hydrogen-bond donors (Lipinski definition) is 1. The van der Waals surface area contributed by atoms with E-state index >= 15 is 0 Å². The lowest BCUT2D eigenvalue weighted by Gasteiger charge is -2.18. The molecule has 13 heavy (non-hydrogen) atoms. The Morgan fingerprint density at radius 1 is 1.54 bits per heavy atom. The molecule has 2 unspecified atom stereocenters. The minimum atomic E-state index is -0.796. The van der Waals surface area contributed by atoms with Gasteiger partial charge in [-0.1, -0.05) is 6.92 Å². The third-order valence-corrected chi connectivity index (χ3v) is 4.15. The van der Waals surface area contributed by atoms with E-state index in [1.54, 1.807) is 13.8 Å². The van der Waals surface area contributed by atoms with E-state index in [-0.39, 0.29) is 11.8 Å². The van der Waals surface area contributed by atoms with Crippen molar-refractivity contribution in [2.24, 2.45) is 17.3 Å². The molecule has 0 aromatic rings. The zero-order valence-corrected chi connectivity index (χ0v) is 9.49. The summed E-state index contributed by atoms with van der Waals surface area (Å²) in [6.45, 7) is 5.34. The Morgan fingerprint density at radius 2 is 1.92 bits per heavy atom. The lowest BCUT2D eigenvalue weighted by molar-refractivity contribution is -0.147. The number of halogens is 2. The minimum Gasteiger partial charge on any atom is -0.481 e. The van der Waals surface area contributed by atoms with Crippen LogP contribution in [0.1, 0.15) is 27.2 Å². The van der Waals surface area contributed by atoms with Gasteiger partial charge in [-0.2, -0.15) is 0 Å². The van der Waals surface area contributed by atoms with Crippen LogP contribution in [-0.4, -0.2) is 15.4 Å². The number of aliphatic carboxylic acids is 1. The van der Waals surface area contributed by atoms with Crippen LogP contribution in [0, 0.1) is 17.3 Å². The van der Waals surface area contributed by atoms with Gasteiger partial charge in [0.2, 0.25) is 0 Å². The van der Waals surface area contributed by atoms with Crippen molar-refractivity contribution in [3.63, 3.8) is 0 Å². The molecule has 1 saturated carbocycles. The summed E-state index contributed by atoms with van der Waals surface area (Å²) in [5.41, 5.74) is -0.732. The van der Waals surface area contributed by atoms with Gasteiger partial charge in [0.15, 0.2) is 0 Å². The van der Waals surface area contributed by atoms with E-state index in [9.17, 15) is 4.79 Å². The zero-order valence-electron chi connectivity index (χ0n) is 7.97. The first-order valence-corrected chi connectivity index (χ1v) is 5.06.